The van der Waals surface area contributed by atoms with Crippen molar-refractivity contribution in [1.29, 1.82) is 0 Å². The number of carboxylic acid groups (broad SMARTS) is 1. The molecule has 0 aliphatic carbocycles. The molecule has 0 amide bonds. The Morgan fingerprint density at radius 1 is 0.750 bits per heavy atom. The van der Waals surface area contributed by atoms with Crippen LogP contribution in [0.2, 0.25) is 0 Å². The minimum absolute atomic E-state index is 0.313. The molecule has 3 aromatic heterocycles. The number of benzene rings is 4. The van der Waals surface area contributed by atoms with Crippen LogP contribution in [0, 0.1) is 5.92 Å². The van der Waals surface area contributed by atoms with Crippen LogP contribution in [0.4, 0.5) is 5.82 Å². The molecule has 8 nitrogen and oxygen atoms in total. The molecule has 8 rings (SSSR count). The normalized spacial score (nSPS) is 14.0. The first-order valence-electron chi connectivity index (χ1n) is 16.3. The van der Waals surface area contributed by atoms with Crippen LogP contribution >= 0.6 is 0 Å². The smallest absolute Gasteiger partial charge is 0.306 e. The van der Waals surface area contributed by atoms with Crippen LogP contribution in [-0.4, -0.2) is 49.1 Å². The van der Waals surface area contributed by atoms with Crippen molar-refractivity contribution in [3.8, 4) is 22.4 Å². The van der Waals surface area contributed by atoms with Gasteiger partial charge in [0.2, 0.25) is 0 Å². The van der Waals surface area contributed by atoms with Gasteiger partial charge in [-0.25, -0.2) is 9.67 Å². The zero-order chi connectivity index (χ0) is 32.5. The highest BCUT2D eigenvalue weighted by Crippen LogP contribution is 2.44. The molecule has 236 valence electrons. The SMILES string of the molecule is O=C(O)C1CCN(c2cc(-c3nn(C(c4ccccc4)(c4ccccc4)c4ccccc4)c4ccc(-c5cn[nH]c5)cc34)ccn2)CC1. The number of rotatable bonds is 8. The number of fused-ring (bicyclic) bond motifs is 1. The molecule has 0 spiro atoms. The summed E-state index contributed by atoms with van der Waals surface area (Å²) in [5.74, 6) is -0.210. The van der Waals surface area contributed by atoms with E-state index in [1.54, 1.807) is 0 Å². The fourth-order valence-electron chi connectivity index (χ4n) is 7.17. The lowest BCUT2D eigenvalue weighted by atomic mass is 9.77. The fraction of sp³-hybridized carbons (Fsp3) is 0.150. The minimum atomic E-state index is -0.800. The van der Waals surface area contributed by atoms with Crippen LogP contribution < -0.4 is 4.90 Å². The molecule has 0 saturated carbocycles. The second kappa shape index (κ2) is 12.3. The van der Waals surface area contributed by atoms with E-state index in [0.717, 1.165) is 55.8 Å². The predicted octanol–water partition coefficient (Wildman–Crippen LogP) is 7.63. The number of carboxylic acids is 1. The average Bonchev–Trinajstić information content (AvgIpc) is 3.83. The number of pyridine rings is 1. The number of hydrogen-bond acceptors (Lipinski definition) is 5. The summed E-state index contributed by atoms with van der Waals surface area (Å²) in [7, 11) is 0. The van der Waals surface area contributed by atoms with Crippen LogP contribution in [0.25, 0.3) is 33.3 Å². The molecule has 1 fully saturated rings. The number of piperidine rings is 1. The number of aliphatic carboxylic acids is 1. The summed E-state index contributed by atoms with van der Waals surface area (Å²) < 4.78 is 2.19. The molecule has 48 heavy (non-hydrogen) atoms. The molecule has 2 N–H and O–H groups in total. The Morgan fingerprint density at radius 3 is 1.94 bits per heavy atom. The number of nitrogens with zero attached hydrogens (tertiary/aromatic N) is 5. The van der Waals surface area contributed by atoms with Gasteiger partial charge in [0.15, 0.2) is 0 Å². The molecule has 1 aliphatic heterocycles. The molecule has 0 unspecified atom stereocenters. The van der Waals surface area contributed by atoms with Gasteiger partial charge in [0.1, 0.15) is 17.1 Å². The van der Waals surface area contributed by atoms with Gasteiger partial charge in [0.25, 0.3) is 0 Å². The van der Waals surface area contributed by atoms with Crippen molar-refractivity contribution in [1.82, 2.24) is 25.0 Å². The molecule has 4 aromatic carbocycles. The van der Waals surface area contributed by atoms with E-state index in [9.17, 15) is 9.90 Å². The fourth-order valence-corrected chi connectivity index (χ4v) is 7.17. The van der Waals surface area contributed by atoms with Crippen molar-refractivity contribution < 1.29 is 9.90 Å². The highest BCUT2D eigenvalue weighted by Gasteiger charge is 2.41. The van der Waals surface area contributed by atoms with Crippen molar-refractivity contribution in [2.24, 2.45) is 5.92 Å². The van der Waals surface area contributed by atoms with Gasteiger partial charge >= 0.3 is 5.97 Å². The van der Waals surface area contributed by atoms with Crippen LogP contribution in [0.3, 0.4) is 0 Å². The molecule has 1 aliphatic rings. The number of hydrogen-bond donors (Lipinski definition) is 2. The van der Waals surface area contributed by atoms with Crippen LogP contribution in [-0.2, 0) is 10.3 Å². The maximum Gasteiger partial charge on any atom is 0.306 e. The summed E-state index contributed by atoms with van der Waals surface area (Å²) in [5, 5.41) is 23.3. The van der Waals surface area contributed by atoms with Crippen LogP contribution in [0.5, 0.6) is 0 Å². The van der Waals surface area contributed by atoms with Gasteiger partial charge in [-0.2, -0.15) is 10.2 Å². The highest BCUT2D eigenvalue weighted by molar-refractivity contribution is 5.97. The van der Waals surface area contributed by atoms with E-state index in [1.165, 1.54) is 0 Å². The highest BCUT2D eigenvalue weighted by atomic mass is 16.4. The molecular weight excluding hydrogens is 596 g/mol. The Hall–Kier alpha value is -6.02. The van der Waals surface area contributed by atoms with E-state index in [1.807, 2.05) is 42.9 Å². The monoisotopic (exact) mass is 630 g/mol. The summed E-state index contributed by atoms with van der Waals surface area (Å²) in [6, 6.07) is 42.3. The quantitative estimate of drug-likeness (QED) is 0.168. The van der Waals surface area contributed by atoms with Gasteiger partial charge in [0.05, 0.1) is 17.6 Å². The number of H-pyrrole nitrogens is 1. The first-order valence-corrected chi connectivity index (χ1v) is 16.3. The lowest BCUT2D eigenvalue weighted by molar-refractivity contribution is -0.142. The lowest BCUT2D eigenvalue weighted by Crippen LogP contribution is -2.38. The van der Waals surface area contributed by atoms with Crippen molar-refractivity contribution in [2.45, 2.75) is 18.4 Å². The van der Waals surface area contributed by atoms with E-state index >= 15 is 0 Å². The van der Waals surface area contributed by atoms with Crippen molar-refractivity contribution >= 4 is 22.7 Å². The lowest BCUT2D eigenvalue weighted by Gasteiger charge is -2.37. The molecule has 8 heteroatoms. The number of carbonyl (C=O) groups is 1. The summed E-state index contributed by atoms with van der Waals surface area (Å²) in [5.41, 5.74) is 7.26. The largest absolute Gasteiger partial charge is 0.481 e. The van der Waals surface area contributed by atoms with Gasteiger partial charge in [-0.15, -0.1) is 0 Å². The van der Waals surface area contributed by atoms with E-state index in [4.69, 9.17) is 10.1 Å². The van der Waals surface area contributed by atoms with E-state index in [0.29, 0.717) is 25.9 Å². The molecule has 1 saturated heterocycles. The van der Waals surface area contributed by atoms with Crippen molar-refractivity contribution in [3.63, 3.8) is 0 Å². The van der Waals surface area contributed by atoms with Gasteiger partial charge < -0.3 is 10.0 Å². The number of nitrogens with one attached hydrogen (secondary N) is 1. The van der Waals surface area contributed by atoms with Crippen molar-refractivity contribution in [3.05, 3.63) is 157 Å². The second-order valence-corrected chi connectivity index (χ2v) is 12.3. The van der Waals surface area contributed by atoms with Gasteiger partial charge in [-0.05, 0) is 59.4 Å². The van der Waals surface area contributed by atoms with E-state index in [2.05, 4.69) is 117 Å². The summed E-state index contributed by atoms with van der Waals surface area (Å²) in [6.07, 6.45) is 6.76. The maximum atomic E-state index is 11.6. The summed E-state index contributed by atoms with van der Waals surface area (Å²) >= 11 is 0. The topological polar surface area (TPSA) is 99.9 Å². The molecular formula is C40H34N6O2. The Bertz CT molecular complexity index is 2080. The van der Waals surface area contributed by atoms with Crippen LogP contribution in [0.15, 0.2) is 140 Å². The molecule has 4 heterocycles. The average molecular weight is 631 g/mol. The van der Waals surface area contributed by atoms with E-state index < -0.39 is 11.5 Å². The number of aromatic nitrogens is 5. The Morgan fingerprint density at radius 2 is 1.38 bits per heavy atom. The van der Waals surface area contributed by atoms with Gasteiger partial charge in [0, 0.05) is 42.0 Å². The number of anilines is 1. The first kappa shape index (κ1) is 29.4. The summed E-state index contributed by atoms with van der Waals surface area (Å²) in [6.45, 7) is 1.29. The second-order valence-electron chi connectivity index (χ2n) is 12.3. The third kappa shape index (κ3) is 5.02. The van der Waals surface area contributed by atoms with E-state index in [-0.39, 0.29) is 5.92 Å². The molecule has 0 radical (unpaired) electrons. The zero-order valence-corrected chi connectivity index (χ0v) is 26.3. The zero-order valence-electron chi connectivity index (χ0n) is 26.3. The van der Waals surface area contributed by atoms with Gasteiger partial charge in [-0.3, -0.25) is 9.89 Å². The molecule has 0 atom stereocenters. The predicted molar refractivity (Wildman–Crippen MR) is 188 cm³/mol. The molecule has 0 bridgehead atoms. The standard InChI is InChI=1S/C40H34N6O2/c47-39(48)28-19-22-45(23-20-28)37-25-30(18-21-41-37)38-35-24-29(31-26-42-43-27-31)16-17-36(35)46(44-38)40(32-10-4-1-5-11-32,33-12-6-2-7-13-33)34-14-8-3-9-15-34/h1-18,21,24-28H,19-20,22-23H2,(H,42,43)(H,47,48). The maximum absolute atomic E-state index is 11.6. The first-order chi connectivity index (χ1) is 23.6. The Kier molecular flexibility index (Phi) is 7.53. The van der Waals surface area contributed by atoms with Gasteiger partial charge in [-0.1, -0.05) is 97.1 Å². The summed E-state index contributed by atoms with van der Waals surface area (Å²) in [4.78, 5) is 18.5. The minimum Gasteiger partial charge on any atom is -0.481 e. The third-order valence-electron chi connectivity index (χ3n) is 9.59. The Labute approximate surface area is 278 Å². The van der Waals surface area contributed by atoms with Crippen molar-refractivity contribution in [2.75, 3.05) is 18.0 Å². The molecule has 7 aromatic rings. The Balaban J connectivity index is 1.39. The van der Waals surface area contributed by atoms with Crippen LogP contribution in [0.1, 0.15) is 29.5 Å². The number of aromatic amines is 1. The third-order valence-corrected chi connectivity index (χ3v) is 9.59.